The van der Waals surface area contributed by atoms with Gasteiger partial charge in [0.2, 0.25) is 11.7 Å². The topological polar surface area (TPSA) is 68.5 Å². The molecule has 0 spiro atoms. The van der Waals surface area contributed by atoms with Crippen molar-refractivity contribution in [3.63, 3.8) is 0 Å². The highest BCUT2D eigenvalue weighted by molar-refractivity contribution is 7.13. The highest BCUT2D eigenvalue weighted by Crippen LogP contribution is 2.25. The third kappa shape index (κ3) is 4.42. The first-order chi connectivity index (χ1) is 13.4. The molecule has 3 aromatic rings. The van der Waals surface area contributed by atoms with E-state index in [0.29, 0.717) is 18.3 Å². The van der Waals surface area contributed by atoms with Crippen LogP contribution in [0, 0.1) is 20.8 Å². The predicted octanol–water partition coefficient (Wildman–Crippen LogP) is 4.54. The number of likely N-dealkylation sites (N-methyl/N-ethyl adjacent to an activating group) is 1. The van der Waals surface area contributed by atoms with Gasteiger partial charge in [0, 0.05) is 6.54 Å². The summed E-state index contributed by atoms with van der Waals surface area (Å²) in [5.74, 6) is 1.58. The van der Waals surface area contributed by atoms with Gasteiger partial charge in [-0.15, -0.1) is 11.3 Å². The molecule has 3 rings (SSSR count). The van der Waals surface area contributed by atoms with Crippen LogP contribution in [0.25, 0.3) is 10.7 Å². The number of rotatable bonds is 7. The smallest absolute Gasteiger partial charge is 0.263 e. The van der Waals surface area contributed by atoms with E-state index in [0.717, 1.165) is 27.3 Å². The molecule has 2 aromatic heterocycles. The van der Waals surface area contributed by atoms with Crippen LogP contribution in [-0.4, -0.2) is 33.6 Å². The summed E-state index contributed by atoms with van der Waals surface area (Å²) in [6.45, 7) is 10.5. The van der Waals surface area contributed by atoms with Crippen molar-refractivity contribution in [3.8, 4) is 16.5 Å². The van der Waals surface area contributed by atoms with Crippen molar-refractivity contribution in [2.75, 3.05) is 6.54 Å². The van der Waals surface area contributed by atoms with E-state index in [2.05, 4.69) is 16.2 Å². The third-order valence-electron chi connectivity index (χ3n) is 4.64. The number of hydrogen-bond donors (Lipinski definition) is 0. The van der Waals surface area contributed by atoms with Gasteiger partial charge in [0.05, 0.1) is 4.88 Å². The molecule has 0 aliphatic rings. The van der Waals surface area contributed by atoms with Crippen molar-refractivity contribution >= 4 is 17.2 Å². The van der Waals surface area contributed by atoms with E-state index in [1.54, 1.807) is 23.2 Å². The fraction of sp³-hybridized carbons (Fsp3) is 0.381. The Morgan fingerprint density at radius 3 is 2.79 bits per heavy atom. The van der Waals surface area contributed by atoms with Gasteiger partial charge in [-0.25, -0.2) is 0 Å². The molecule has 6 nitrogen and oxygen atoms in total. The minimum absolute atomic E-state index is 0.114. The third-order valence-corrected chi connectivity index (χ3v) is 5.51. The molecule has 28 heavy (non-hydrogen) atoms. The van der Waals surface area contributed by atoms with Gasteiger partial charge in [-0.05, 0) is 68.8 Å². The fourth-order valence-electron chi connectivity index (χ4n) is 2.95. The van der Waals surface area contributed by atoms with Crippen LogP contribution in [0.2, 0.25) is 0 Å². The quantitative estimate of drug-likeness (QED) is 0.583. The molecule has 1 aromatic carbocycles. The van der Waals surface area contributed by atoms with E-state index in [9.17, 15) is 4.79 Å². The number of benzene rings is 1. The van der Waals surface area contributed by atoms with E-state index in [1.165, 1.54) is 0 Å². The molecule has 0 fully saturated rings. The summed E-state index contributed by atoms with van der Waals surface area (Å²) in [7, 11) is 0. The number of aromatic nitrogens is 2. The van der Waals surface area contributed by atoms with Crippen molar-refractivity contribution in [2.24, 2.45) is 0 Å². The number of carbonyl (C=O) groups excluding carboxylic acids is 1. The van der Waals surface area contributed by atoms with Gasteiger partial charge in [0.25, 0.3) is 5.91 Å². The number of thiophene rings is 1. The second-order valence-electron chi connectivity index (χ2n) is 6.81. The van der Waals surface area contributed by atoms with E-state index in [1.807, 2.05) is 51.3 Å². The minimum Gasteiger partial charge on any atom is -0.481 e. The predicted molar refractivity (Wildman–Crippen MR) is 109 cm³/mol. The van der Waals surface area contributed by atoms with Crippen LogP contribution in [-0.2, 0) is 11.3 Å². The standard InChI is InChI=1S/C21H25N3O3S/c1-6-24(12-19-22-20(23-27-19)18-8-7-9-28-18)21(25)16(5)26-17-11-13(2)10-14(3)15(17)4/h7-11,16H,6,12H2,1-5H3/t16-/m0/s1. The zero-order chi connectivity index (χ0) is 20.3. The molecule has 1 atom stereocenters. The monoisotopic (exact) mass is 399 g/mol. The summed E-state index contributed by atoms with van der Waals surface area (Å²) < 4.78 is 11.3. The maximum Gasteiger partial charge on any atom is 0.263 e. The molecular formula is C21H25N3O3S. The fourth-order valence-corrected chi connectivity index (χ4v) is 3.60. The summed E-state index contributed by atoms with van der Waals surface area (Å²) in [5, 5.41) is 5.96. The summed E-state index contributed by atoms with van der Waals surface area (Å²) in [6.07, 6.45) is -0.612. The zero-order valence-corrected chi connectivity index (χ0v) is 17.7. The molecule has 0 saturated carbocycles. The van der Waals surface area contributed by atoms with Crippen LogP contribution in [0.4, 0.5) is 0 Å². The lowest BCUT2D eigenvalue weighted by Crippen LogP contribution is -2.40. The maximum absolute atomic E-state index is 12.9. The molecule has 2 heterocycles. The molecule has 0 saturated heterocycles. The Hall–Kier alpha value is -2.67. The van der Waals surface area contributed by atoms with Crippen LogP contribution in [0.1, 0.15) is 36.4 Å². The second kappa shape index (κ2) is 8.56. The molecule has 0 aliphatic heterocycles. The molecule has 0 unspecified atom stereocenters. The number of carbonyl (C=O) groups is 1. The first-order valence-electron chi connectivity index (χ1n) is 9.28. The summed E-state index contributed by atoms with van der Waals surface area (Å²) in [4.78, 5) is 19.9. The summed E-state index contributed by atoms with van der Waals surface area (Å²) >= 11 is 1.54. The average molecular weight is 400 g/mol. The highest BCUT2D eigenvalue weighted by Gasteiger charge is 2.24. The van der Waals surface area contributed by atoms with Gasteiger partial charge in [0.15, 0.2) is 6.10 Å². The van der Waals surface area contributed by atoms with Gasteiger partial charge in [0.1, 0.15) is 12.3 Å². The average Bonchev–Trinajstić information content (AvgIpc) is 3.34. The van der Waals surface area contributed by atoms with E-state index < -0.39 is 6.10 Å². The largest absolute Gasteiger partial charge is 0.481 e. The van der Waals surface area contributed by atoms with Gasteiger partial charge in [-0.1, -0.05) is 17.3 Å². The first kappa shape index (κ1) is 20.1. The van der Waals surface area contributed by atoms with Crippen molar-refractivity contribution in [1.82, 2.24) is 15.0 Å². The molecular weight excluding hydrogens is 374 g/mol. The Bertz CT molecular complexity index is 950. The lowest BCUT2D eigenvalue weighted by Gasteiger charge is -2.24. The first-order valence-corrected chi connectivity index (χ1v) is 10.2. The molecule has 148 valence electrons. The van der Waals surface area contributed by atoms with Gasteiger partial charge in [-0.2, -0.15) is 4.98 Å². The zero-order valence-electron chi connectivity index (χ0n) is 16.9. The lowest BCUT2D eigenvalue weighted by molar-refractivity contribution is -0.138. The van der Waals surface area contributed by atoms with Crippen LogP contribution >= 0.6 is 11.3 Å². The minimum atomic E-state index is -0.612. The summed E-state index contributed by atoms with van der Waals surface area (Å²) in [5.41, 5.74) is 3.30. The molecule has 7 heteroatoms. The lowest BCUT2D eigenvalue weighted by atomic mass is 10.1. The van der Waals surface area contributed by atoms with E-state index in [-0.39, 0.29) is 12.5 Å². The van der Waals surface area contributed by atoms with Crippen molar-refractivity contribution in [2.45, 2.75) is 47.3 Å². The Morgan fingerprint density at radius 2 is 2.11 bits per heavy atom. The Kier molecular flexibility index (Phi) is 6.14. The highest BCUT2D eigenvalue weighted by atomic mass is 32.1. The van der Waals surface area contributed by atoms with E-state index in [4.69, 9.17) is 9.26 Å². The van der Waals surface area contributed by atoms with Crippen molar-refractivity contribution in [3.05, 3.63) is 52.2 Å². The van der Waals surface area contributed by atoms with Crippen LogP contribution in [0.3, 0.4) is 0 Å². The van der Waals surface area contributed by atoms with Crippen molar-refractivity contribution in [1.29, 1.82) is 0 Å². The van der Waals surface area contributed by atoms with Crippen LogP contribution in [0.15, 0.2) is 34.2 Å². The molecule has 1 amide bonds. The number of aryl methyl sites for hydroxylation is 2. The van der Waals surface area contributed by atoms with E-state index >= 15 is 0 Å². The maximum atomic E-state index is 12.9. The van der Waals surface area contributed by atoms with Gasteiger partial charge in [-0.3, -0.25) is 4.79 Å². The van der Waals surface area contributed by atoms with Crippen LogP contribution < -0.4 is 4.74 Å². The molecule has 0 bridgehead atoms. The second-order valence-corrected chi connectivity index (χ2v) is 7.75. The Balaban J connectivity index is 1.69. The molecule has 0 radical (unpaired) electrons. The number of hydrogen-bond acceptors (Lipinski definition) is 6. The Labute approximate surface area is 169 Å². The number of amides is 1. The molecule has 0 aliphatic carbocycles. The van der Waals surface area contributed by atoms with Gasteiger partial charge < -0.3 is 14.2 Å². The SMILES string of the molecule is CCN(Cc1nc(-c2cccs2)no1)C(=O)[C@H](C)Oc1cc(C)cc(C)c1C. The summed E-state index contributed by atoms with van der Waals surface area (Å²) in [6, 6.07) is 7.94. The normalized spacial score (nSPS) is 12.0. The van der Waals surface area contributed by atoms with Gasteiger partial charge >= 0.3 is 0 Å². The van der Waals surface area contributed by atoms with Crippen LogP contribution in [0.5, 0.6) is 5.75 Å². The number of ether oxygens (including phenoxy) is 1. The number of nitrogens with zero attached hydrogens (tertiary/aromatic N) is 3. The van der Waals surface area contributed by atoms with Crippen molar-refractivity contribution < 1.29 is 14.1 Å². The Morgan fingerprint density at radius 1 is 1.32 bits per heavy atom. The molecule has 0 N–H and O–H groups in total.